The molecule has 0 aromatic carbocycles. The summed E-state index contributed by atoms with van der Waals surface area (Å²) in [6.07, 6.45) is 0.491. The lowest BCUT2D eigenvalue weighted by molar-refractivity contribution is -0.146. The highest BCUT2D eigenvalue weighted by molar-refractivity contribution is 6.03. The molecule has 1 aliphatic heterocycles. The first kappa shape index (κ1) is 10.6. The SMILES string of the molecule is CC[C@H](N)C(=O)N1CC(=O)NC(=O)C1. The van der Waals surface area contributed by atoms with Gasteiger partial charge in [-0.2, -0.15) is 0 Å². The molecule has 1 fully saturated rings. The fourth-order valence-electron chi connectivity index (χ4n) is 1.20. The molecule has 1 aliphatic rings. The molecule has 0 bridgehead atoms. The van der Waals surface area contributed by atoms with Crippen LogP contribution in [0.4, 0.5) is 0 Å². The summed E-state index contributed by atoms with van der Waals surface area (Å²) in [5.74, 6) is -1.27. The monoisotopic (exact) mass is 199 g/mol. The van der Waals surface area contributed by atoms with Crippen LogP contribution in [0.3, 0.4) is 0 Å². The fourth-order valence-corrected chi connectivity index (χ4v) is 1.20. The van der Waals surface area contributed by atoms with Crippen molar-refractivity contribution in [3.05, 3.63) is 0 Å². The van der Waals surface area contributed by atoms with Gasteiger partial charge < -0.3 is 10.6 Å². The van der Waals surface area contributed by atoms with Gasteiger partial charge in [-0.1, -0.05) is 6.92 Å². The second-order valence-electron chi connectivity index (χ2n) is 3.18. The lowest BCUT2D eigenvalue weighted by atomic mass is 10.2. The molecule has 1 heterocycles. The summed E-state index contributed by atoms with van der Waals surface area (Å²) < 4.78 is 0. The van der Waals surface area contributed by atoms with Crippen molar-refractivity contribution in [1.82, 2.24) is 10.2 Å². The van der Waals surface area contributed by atoms with E-state index in [1.165, 1.54) is 4.90 Å². The molecule has 0 unspecified atom stereocenters. The Balaban J connectivity index is 2.63. The Kier molecular flexibility index (Phi) is 3.19. The number of hydrogen-bond donors (Lipinski definition) is 2. The molecule has 1 atom stereocenters. The summed E-state index contributed by atoms with van der Waals surface area (Å²) in [5.41, 5.74) is 5.50. The van der Waals surface area contributed by atoms with Gasteiger partial charge in [0.25, 0.3) is 0 Å². The number of nitrogens with two attached hydrogens (primary N) is 1. The Hall–Kier alpha value is -1.43. The van der Waals surface area contributed by atoms with Gasteiger partial charge in [-0.25, -0.2) is 0 Å². The Labute approximate surface area is 81.4 Å². The second kappa shape index (κ2) is 4.19. The van der Waals surface area contributed by atoms with E-state index in [9.17, 15) is 14.4 Å². The average molecular weight is 199 g/mol. The van der Waals surface area contributed by atoms with Crippen molar-refractivity contribution in [2.45, 2.75) is 19.4 Å². The zero-order chi connectivity index (χ0) is 10.7. The van der Waals surface area contributed by atoms with Crippen molar-refractivity contribution < 1.29 is 14.4 Å². The molecule has 3 amide bonds. The summed E-state index contributed by atoms with van der Waals surface area (Å²) in [7, 11) is 0. The molecule has 1 rings (SSSR count). The van der Waals surface area contributed by atoms with Crippen LogP contribution in [0.25, 0.3) is 0 Å². The number of carbonyl (C=O) groups is 3. The van der Waals surface area contributed by atoms with Crippen LogP contribution in [-0.4, -0.2) is 41.8 Å². The number of hydrogen-bond acceptors (Lipinski definition) is 4. The van der Waals surface area contributed by atoms with Gasteiger partial charge in [0, 0.05) is 0 Å². The number of rotatable bonds is 2. The first-order valence-electron chi connectivity index (χ1n) is 4.41. The number of carbonyl (C=O) groups excluding carboxylic acids is 3. The van der Waals surface area contributed by atoms with Crippen LogP contribution >= 0.6 is 0 Å². The first-order valence-corrected chi connectivity index (χ1v) is 4.41. The summed E-state index contributed by atoms with van der Waals surface area (Å²) in [4.78, 5) is 34.5. The minimum Gasteiger partial charge on any atom is -0.323 e. The van der Waals surface area contributed by atoms with Crippen LogP contribution in [0, 0.1) is 0 Å². The van der Waals surface area contributed by atoms with Gasteiger partial charge in [-0.3, -0.25) is 19.7 Å². The fraction of sp³-hybridized carbons (Fsp3) is 0.625. The number of nitrogens with one attached hydrogen (secondary N) is 1. The highest BCUT2D eigenvalue weighted by Gasteiger charge is 2.28. The van der Waals surface area contributed by atoms with E-state index in [0.717, 1.165) is 0 Å². The Morgan fingerprint density at radius 2 is 2.00 bits per heavy atom. The predicted octanol–water partition coefficient (Wildman–Crippen LogP) is -1.79. The lowest BCUT2D eigenvalue weighted by Gasteiger charge is -2.27. The normalized spacial score (nSPS) is 19.1. The topological polar surface area (TPSA) is 92.5 Å². The van der Waals surface area contributed by atoms with Crippen LogP contribution in [0.15, 0.2) is 0 Å². The Morgan fingerprint density at radius 1 is 1.50 bits per heavy atom. The highest BCUT2D eigenvalue weighted by Crippen LogP contribution is 2.00. The minimum absolute atomic E-state index is 0.0850. The lowest BCUT2D eigenvalue weighted by Crippen LogP contribution is -2.56. The van der Waals surface area contributed by atoms with Gasteiger partial charge >= 0.3 is 0 Å². The van der Waals surface area contributed by atoms with Crippen molar-refractivity contribution in [2.24, 2.45) is 5.73 Å². The highest BCUT2D eigenvalue weighted by atomic mass is 16.2. The molecule has 6 heteroatoms. The molecular formula is C8H13N3O3. The largest absolute Gasteiger partial charge is 0.323 e. The molecule has 0 saturated carbocycles. The maximum atomic E-state index is 11.5. The summed E-state index contributed by atoms with van der Waals surface area (Å²) in [6, 6.07) is -0.631. The van der Waals surface area contributed by atoms with E-state index < -0.39 is 17.9 Å². The van der Waals surface area contributed by atoms with Crippen LogP contribution in [0.1, 0.15) is 13.3 Å². The third-order valence-electron chi connectivity index (χ3n) is 2.02. The van der Waals surface area contributed by atoms with Crippen molar-refractivity contribution in [1.29, 1.82) is 0 Å². The second-order valence-corrected chi connectivity index (χ2v) is 3.18. The van der Waals surface area contributed by atoms with Crippen LogP contribution in [-0.2, 0) is 14.4 Å². The molecule has 0 aliphatic carbocycles. The third kappa shape index (κ3) is 2.29. The van der Waals surface area contributed by atoms with Crippen LogP contribution in [0.2, 0.25) is 0 Å². The van der Waals surface area contributed by atoms with E-state index in [-0.39, 0.29) is 19.0 Å². The van der Waals surface area contributed by atoms with Gasteiger partial charge in [0.05, 0.1) is 6.04 Å². The molecule has 0 spiro atoms. The predicted molar refractivity (Wildman–Crippen MR) is 48.0 cm³/mol. The Morgan fingerprint density at radius 3 is 2.43 bits per heavy atom. The number of nitrogens with zero attached hydrogens (tertiary/aromatic N) is 1. The number of amides is 3. The first-order chi connectivity index (χ1) is 6.54. The van der Waals surface area contributed by atoms with Gasteiger partial charge in [-0.15, -0.1) is 0 Å². The molecule has 6 nitrogen and oxygen atoms in total. The molecule has 1 saturated heterocycles. The molecule has 3 N–H and O–H groups in total. The van der Waals surface area contributed by atoms with Crippen molar-refractivity contribution in [3.8, 4) is 0 Å². The van der Waals surface area contributed by atoms with E-state index in [1.807, 2.05) is 0 Å². The van der Waals surface area contributed by atoms with Crippen molar-refractivity contribution in [2.75, 3.05) is 13.1 Å². The van der Waals surface area contributed by atoms with Crippen molar-refractivity contribution >= 4 is 17.7 Å². The maximum Gasteiger partial charge on any atom is 0.246 e. The molecule has 78 valence electrons. The van der Waals surface area contributed by atoms with E-state index in [4.69, 9.17) is 5.73 Å². The summed E-state index contributed by atoms with van der Waals surface area (Å²) in [6.45, 7) is 1.60. The van der Waals surface area contributed by atoms with Crippen LogP contribution in [0.5, 0.6) is 0 Å². The minimum atomic E-state index is -0.631. The van der Waals surface area contributed by atoms with E-state index >= 15 is 0 Å². The van der Waals surface area contributed by atoms with Gasteiger partial charge in [-0.05, 0) is 6.42 Å². The Bertz CT molecular complexity index is 261. The molecule has 14 heavy (non-hydrogen) atoms. The quantitative estimate of drug-likeness (QED) is 0.514. The van der Waals surface area contributed by atoms with Gasteiger partial charge in [0.1, 0.15) is 13.1 Å². The van der Waals surface area contributed by atoms with Gasteiger partial charge in [0.15, 0.2) is 0 Å². The average Bonchev–Trinajstić information content (AvgIpc) is 2.14. The van der Waals surface area contributed by atoms with Crippen LogP contribution < -0.4 is 11.1 Å². The summed E-state index contributed by atoms with van der Waals surface area (Å²) in [5, 5.41) is 2.11. The number of piperazine rings is 1. The molecule has 0 aromatic rings. The molecule has 0 radical (unpaired) electrons. The van der Waals surface area contributed by atoms with E-state index in [2.05, 4.69) is 5.32 Å². The van der Waals surface area contributed by atoms with Crippen molar-refractivity contribution in [3.63, 3.8) is 0 Å². The van der Waals surface area contributed by atoms with E-state index in [1.54, 1.807) is 6.92 Å². The van der Waals surface area contributed by atoms with E-state index in [0.29, 0.717) is 6.42 Å². The third-order valence-corrected chi connectivity index (χ3v) is 2.02. The summed E-state index contributed by atoms with van der Waals surface area (Å²) >= 11 is 0. The standard InChI is InChI=1S/C8H13N3O3/c1-2-5(9)8(14)11-3-6(12)10-7(13)4-11/h5H,2-4,9H2,1H3,(H,10,12,13)/t5-/m0/s1. The molecule has 0 aromatic heterocycles. The smallest absolute Gasteiger partial charge is 0.246 e. The molecular weight excluding hydrogens is 186 g/mol. The van der Waals surface area contributed by atoms with Gasteiger partial charge in [0.2, 0.25) is 17.7 Å². The number of imide groups is 1. The zero-order valence-corrected chi connectivity index (χ0v) is 7.95. The zero-order valence-electron chi connectivity index (χ0n) is 7.95. The maximum absolute atomic E-state index is 11.5.